The average Bonchev–Trinajstić information content (AvgIpc) is 2.51. The third kappa shape index (κ3) is 1.71. The quantitative estimate of drug-likeness (QED) is 0.749. The van der Waals surface area contributed by atoms with Crippen LogP contribution in [0.2, 0.25) is 0 Å². The summed E-state index contributed by atoms with van der Waals surface area (Å²) in [7, 11) is 3.65. The molecule has 0 fully saturated rings. The average molecular weight is 230 g/mol. The van der Waals surface area contributed by atoms with E-state index in [4.69, 9.17) is 0 Å². The summed E-state index contributed by atoms with van der Waals surface area (Å²) >= 11 is 0. The molecule has 0 aromatic heterocycles. The van der Waals surface area contributed by atoms with Crippen LogP contribution in [0.25, 0.3) is 0 Å². The molecular weight excluding hydrogens is 212 g/mol. The number of nitrogens with one attached hydrogen (secondary N) is 1. The number of carbonyl (C=O) groups excluding carboxylic acids is 1. The Morgan fingerprint density at radius 2 is 2.00 bits per heavy atom. The molecule has 0 aliphatic carbocycles. The molecule has 1 amide bonds. The third-order valence-electron chi connectivity index (χ3n) is 3.45. The molecule has 0 radical (unpaired) electrons. The van der Waals surface area contributed by atoms with Gasteiger partial charge in [-0.05, 0) is 11.6 Å². The predicted molar refractivity (Wildman–Crippen MR) is 70.0 cm³/mol. The van der Waals surface area contributed by atoms with Crippen LogP contribution in [0, 0.1) is 0 Å². The van der Waals surface area contributed by atoms with Crippen molar-refractivity contribution < 1.29 is 4.79 Å². The number of fused-ring (bicyclic) bond motifs is 1. The molecule has 1 aromatic rings. The van der Waals surface area contributed by atoms with Crippen LogP contribution in [-0.2, 0) is 10.2 Å². The number of benzene rings is 1. The first kappa shape index (κ1) is 11.7. The van der Waals surface area contributed by atoms with Crippen molar-refractivity contribution in [2.24, 2.45) is 0 Å². The fraction of sp³-hybridized carbons (Fsp3) is 0.357. The standard InChI is InChI=1S/C14H18N2O/c1-14(2)10-7-5-6-8-11(10)16(4)12(14)9-13(17)15-3/h5-9H,1-4H3,(H,15,17)/b12-9-. The Morgan fingerprint density at radius 1 is 1.35 bits per heavy atom. The Morgan fingerprint density at radius 3 is 2.59 bits per heavy atom. The van der Waals surface area contributed by atoms with Crippen LogP contribution in [0.15, 0.2) is 36.0 Å². The Balaban J connectivity index is 2.54. The Bertz CT molecular complexity index is 489. The lowest BCUT2D eigenvalue weighted by Crippen LogP contribution is -2.26. The van der Waals surface area contributed by atoms with Crippen molar-refractivity contribution in [2.45, 2.75) is 19.3 Å². The molecule has 0 bridgehead atoms. The van der Waals surface area contributed by atoms with Gasteiger partial charge in [-0.1, -0.05) is 32.0 Å². The first-order valence-electron chi connectivity index (χ1n) is 5.75. The minimum atomic E-state index is -0.127. The number of likely N-dealkylation sites (N-methyl/N-ethyl adjacent to an activating group) is 2. The van der Waals surface area contributed by atoms with Crippen LogP contribution in [0.4, 0.5) is 5.69 Å². The molecule has 1 aromatic carbocycles. The van der Waals surface area contributed by atoms with E-state index in [1.165, 1.54) is 11.3 Å². The Kier molecular flexibility index (Phi) is 2.69. The van der Waals surface area contributed by atoms with Crippen molar-refractivity contribution in [3.63, 3.8) is 0 Å². The smallest absolute Gasteiger partial charge is 0.245 e. The minimum Gasteiger partial charge on any atom is -0.356 e. The van der Waals surface area contributed by atoms with Gasteiger partial charge < -0.3 is 10.2 Å². The van der Waals surface area contributed by atoms with Crippen LogP contribution in [0.3, 0.4) is 0 Å². The number of amides is 1. The van der Waals surface area contributed by atoms with Crippen molar-refractivity contribution in [2.75, 3.05) is 19.0 Å². The number of rotatable bonds is 1. The monoisotopic (exact) mass is 230 g/mol. The van der Waals surface area contributed by atoms with E-state index in [1.54, 1.807) is 13.1 Å². The highest BCUT2D eigenvalue weighted by atomic mass is 16.1. The van der Waals surface area contributed by atoms with Gasteiger partial charge in [-0.3, -0.25) is 4.79 Å². The van der Waals surface area contributed by atoms with Gasteiger partial charge in [-0.2, -0.15) is 0 Å². The Hall–Kier alpha value is -1.77. The summed E-state index contributed by atoms with van der Waals surface area (Å²) in [4.78, 5) is 13.6. The molecule has 17 heavy (non-hydrogen) atoms. The van der Waals surface area contributed by atoms with Crippen molar-refractivity contribution in [3.05, 3.63) is 41.6 Å². The highest BCUT2D eigenvalue weighted by molar-refractivity contribution is 5.90. The summed E-state index contributed by atoms with van der Waals surface area (Å²) in [5.41, 5.74) is 3.33. The summed E-state index contributed by atoms with van der Waals surface area (Å²) in [5, 5.41) is 2.63. The topological polar surface area (TPSA) is 32.3 Å². The summed E-state index contributed by atoms with van der Waals surface area (Å²) in [6.45, 7) is 4.29. The summed E-state index contributed by atoms with van der Waals surface area (Å²) < 4.78 is 0. The van der Waals surface area contributed by atoms with Crippen molar-refractivity contribution in [1.82, 2.24) is 5.32 Å². The molecule has 90 valence electrons. The van der Waals surface area contributed by atoms with Gasteiger partial charge in [0.05, 0.1) is 0 Å². The van der Waals surface area contributed by atoms with E-state index in [2.05, 4.69) is 36.2 Å². The maximum Gasteiger partial charge on any atom is 0.245 e. The maximum absolute atomic E-state index is 11.5. The van der Waals surface area contributed by atoms with Crippen molar-refractivity contribution >= 4 is 11.6 Å². The third-order valence-corrected chi connectivity index (χ3v) is 3.45. The van der Waals surface area contributed by atoms with Crippen LogP contribution < -0.4 is 10.2 Å². The fourth-order valence-electron chi connectivity index (χ4n) is 2.46. The maximum atomic E-state index is 11.5. The van der Waals surface area contributed by atoms with Gasteiger partial charge in [0, 0.05) is 37.0 Å². The molecule has 1 aliphatic rings. The highest BCUT2D eigenvalue weighted by Crippen LogP contribution is 2.46. The predicted octanol–water partition coefficient (Wildman–Crippen LogP) is 2.04. The zero-order chi connectivity index (χ0) is 12.6. The molecule has 0 spiro atoms. The highest BCUT2D eigenvalue weighted by Gasteiger charge is 2.38. The molecule has 3 heteroatoms. The van der Waals surface area contributed by atoms with E-state index >= 15 is 0 Å². The normalized spacial score (nSPS) is 19.3. The first-order chi connectivity index (χ1) is 7.98. The molecule has 1 aliphatic heterocycles. The van der Waals surface area contributed by atoms with E-state index in [9.17, 15) is 4.79 Å². The van der Waals surface area contributed by atoms with Crippen LogP contribution in [-0.4, -0.2) is 20.0 Å². The number of anilines is 1. The number of hydrogen-bond acceptors (Lipinski definition) is 2. The lowest BCUT2D eigenvalue weighted by Gasteiger charge is -2.23. The fourth-order valence-corrected chi connectivity index (χ4v) is 2.46. The summed E-state index contributed by atoms with van der Waals surface area (Å²) in [6.07, 6.45) is 1.68. The lowest BCUT2D eigenvalue weighted by atomic mass is 9.84. The molecule has 0 unspecified atom stereocenters. The zero-order valence-electron chi connectivity index (χ0n) is 10.7. The van der Waals surface area contributed by atoms with Crippen LogP contribution >= 0.6 is 0 Å². The number of allylic oxidation sites excluding steroid dienone is 1. The molecule has 0 saturated heterocycles. The van der Waals surface area contributed by atoms with E-state index in [-0.39, 0.29) is 11.3 Å². The van der Waals surface area contributed by atoms with Crippen molar-refractivity contribution in [1.29, 1.82) is 0 Å². The zero-order valence-corrected chi connectivity index (χ0v) is 10.7. The molecule has 1 heterocycles. The van der Waals surface area contributed by atoms with Gasteiger partial charge in [0.15, 0.2) is 0 Å². The van der Waals surface area contributed by atoms with E-state index in [1.807, 2.05) is 19.2 Å². The van der Waals surface area contributed by atoms with Gasteiger partial charge in [-0.25, -0.2) is 0 Å². The van der Waals surface area contributed by atoms with E-state index < -0.39 is 0 Å². The lowest BCUT2D eigenvalue weighted by molar-refractivity contribution is -0.116. The molecular formula is C14H18N2O. The number of para-hydroxylation sites is 1. The van der Waals surface area contributed by atoms with Crippen molar-refractivity contribution in [3.8, 4) is 0 Å². The van der Waals surface area contributed by atoms with Gasteiger partial charge in [-0.15, -0.1) is 0 Å². The van der Waals surface area contributed by atoms with Crippen LogP contribution in [0.1, 0.15) is 19.4 Å². The molecule has 3 nitrogen and oxygen atoms in total. The SMILES string of the molecule is CNC(=O)/C=C1\N(C)c2ccccc2C1(C)C. The molecule has 0 saturated carbocycles. The van der Waals surface area contributed by atoms with E-state index in [0.717, 1.165) is 5.70 Å². The van der Waals surface area contributed by atoms with Gasteiger partial charge in [0.2, 0.25) is 5.91 Å². The van der Waals surface area contributed by atoms with Gasteiger partial charge in [0.25, 0.3) is 0 Å². The van der Waals surface area contributed by atoms with Gasteiger partial charge >= 0.3 is 0 Å². The molecule has 0 atom stereocenters. The number of nitrogens with zero attached hydrogens (tertiary/aromatic N) is 1. The number of hydrogen-bond donors (Lipinski definition) is 1. The first-order valence-corrected chi connectivity index (χ1v) is 5.75. The summed E-state index contributed by atoms with van der Waals surface area (Å²) in [6, 6.07) is 8.27. The van der Waals surface area contributed by atoms with Gasteiger partial charge in [0.1, 0.15) is 0 Å². The largest absolute Gasteiger partial charge is 0.356 e. The summed E-state index contributed by atoms with van der Waals surface area (Å²) in [5.74, 6) is -0.0623. The van der Waals surface area contributed by atoms with E-state index in [0.29, 0.717) is 0 Å². The second kappa shape index (κ2) is 3.91. The second-order valence-corrected chi connectivity index (χ2v) is 4.84. The Labute approximate surface area is 102 Å². The molecule has 2 rings (SSSR count). The minimum absolute atomic E-state index is 0.0623. The molecule has 1 N–H and O–H groups in total. The van der Waals surface area contributed by atoms with Crippen LogP contribution in [0.5, 0.6) is 0 Å². The number of carbonyl (C=O) groups is 1. The second-order valence-electron chi connectivity index (χ2n) is 4.84.